The highest BCUT2D eigenvalue weighted by atomic mass is 14.9. The molecule has 0 radical (unpaired) electrons. The van der Waals surface area contributed by atoms with E-state index in [1.807, 2.05) is 67.6 Å². The van der Waals surface area contributed by atoms with E-state index in [1.54, 1.807) is 6.34 Å². The molecule has 2 aromatic rings. The summed E-state index contributed by atoms with van der Waals surface area (Å²) in [6.07, 6.45) is 1.55. The Labute approximate surface area is 113 Å². The van der Waals surface area contributed by atoms with Crippen molar-refractivity contribution in [3.05, 3.63) is 78.4 Å². The predicted molar refractivity (Wildman–Crippen MR) is 82.6 cm³/mol. The molecule has 0 aliphatic rings. The molecule has 0 amide bonds. The van der Waals surface area contributed by atoms with Crippen LogP contribution in [0.15, 0.2) is 77.2 Å². The highest BCUT2D eigenvalue weighted by Gasteiger charge is 1.95. The van der Waals surface area contributed by atoms with Crippen LogP contribution in [-0.4, -0.2) is 12.1 Å². The number of hydrogen-bond donors (Lipinski definition) is 0. The van der Waals surface area contributed by atoms with Gasteiger partial charge in [-0.15, -0.1) is 0 Å². The highest BCUT2D eigenvalue weighted by Crippen LogP contribution is 2.11. The van der Waals surface area contributed by atoms with Crippen molar-refractivity contribution in [1.29, 1.82) is 0 Å². The predicted octanol–water partition coefficient (Wildman–Crippen LogP) is 4.19. The molecule has 2 nitrogen and oxygen atoms in total. The molecule has 0 bridgehead atoms. The summed E-state index contributed by atoms with van der Waals surface area (Å²) in [7, 11) is 0. The van der Waals surface area contributed by atoms with E-state index in [0.29, 0.717) is 5.70 Å². The lowest BCUT2D eigenvalue weighted by molar-refractivity contribution is 1.50. The van der Waals surface area contributed by atoms with Gasteiger partial charge in [-0.1, -0.05) is 67.2 Å². The van der Waals surface area contributed by atoms with Gasteiger partial charge in [0.1, 0.15) is 6.34 Å². The molecular weight excluding hydrogens is 232 g/mol. The Morgan fingerprint density at radius 1 is 0.895 bits per heavy atom. The van der Waals surface area contributed by atoms with E-state index in [2.05, 4.69) is 16.6 Å². The van der Waals surface area contributed by atoms with Crippen LogP contribution >= 0.6 is 0 Å². The lowest BCUT2D eigenvalue weighted by Gasteiger charge is -1.99. The van der Waals surface area contributed by atoms with E-state index >= 15 is 0 Å². The van der Waals surface area contributed by atoms with Crippen molar-refractivity contribution in [2.24, 2.45) is 9.98 Å². The summed E-state index contributed by atoms with van der Waals surface area (Å²) >= 11 is 0. The zero-order valence-corrected chi connectivity index (χ0v) is 11.0. The topological polar surface area (TPSA) is 24.7 Å². The van der Waals surface area contributed by atoms with E-state index in [9.17, 15) is 0 Å². The molecule has 0 N–H and O–H groups in total. The Hall–Kier alpha value is -2.48. The monoisotopic (exact) mass is 248 g/mol. The highest BCUT2D eigenvalue weighted by molar-refractivity contribution is 6.02. The second-order valence-corrected chi connectivity index (χ2v) is 4.14. The molecule has 0 aliphatic carbocycles. The summed E-state index contributed by atoms with van der Waals surface area (Å²) in [5, 5.41) is 0. The molecule has 0 spiro atoms. The van der Waals surface area contributed by atoms with Gasteiger partial charge in [0.05, 0.1) is 5.70 Å². The first-order chi connectivity index (χ1) is 9.27. The SMILES string of the molecule is C=C(N=CN=C(C)c1ccccc1)c1ccccc1. The van der Waals surface area contributed by atoms with Crippen molar-refractivity contribution < 1.29 is 0 Å². The quantitative estimate of drug-likeness (QED) is 0.572. The molecule has 0 fully saturated rings. The molecule has 0 heterocycles. The normalized spacial score (nSPS) is 11.7. The van der Waals surface area contributed by atoms with Crippen molar-refractivity contribution in [3.63, 3.8) is 0 Å². The van der Waals surface area contributed by atoms with Crippen LogP contribution < -0.4 is 0 Å². The van der Waals surface area contributed by atoms with Gasteiger partial charge in [0, 0.05) is 5.71 Å². The van der Waals surface area contributed by atoms with Crippen LogP contribution in [0.4, 0.5) is 0 Å². The van der Waals surface area contributed by atoms with Crippen molar-refractivity contribution >= 4 is 17.7 Å². The number of rotatable bonds is 4. The lowest BCUT2D eigenvalue weighted by Crippen LogP contribution is -1.93. The summed E-state index contributed by atoms with van der Waals surface area (Å²) in [6.45, 7) is 5.89. The lowest BCUT2D eigenvalue weighted by atomic mass is 10.1. The minimum Gasteiger partial charge on any atom is -0.241 e. The second kappa shape index (κ2) is 6.45. The Kier molecular flexibility index (Phi) is 4.40. The summed E-state index contributed by atoms with van der Waals surface area (Å²) in [5.41, 5.74) is 3.75. The van der Waals surface area contributed by atoms with Crippen molar-refractivity contribution in [1.82, 2.24) is 0 Å². The maximum absolute atomic E-state index is 4.32. The molecule has 0 saturated heterocycles. The van der Waals surface area contributed by atoms with Gasteiger partial charge in [0.15, 0.2) is 0 Å². The van der Waals surface area contributed by atoms with Gasteiger partial charge >= 0.3 is 0 Å². The van der Waals surface area contributed by atoms with E-state index in [1.165, 1.54) is 0 Å². The van der Waals surface area contributed by atoms with Crippen LogP contribution in [0.5, 0.6) is 0 Å². The largest absolute Gasteiger partial charge is 0.241 e. The van der Waals surface area contributed by atoms with Crippen molar-refractivity contribution in [3.8, 4) is 0 Å². The van der Waals surface area contributed by atoms with Gasteiger partial charge in [-0.3, -0.25) is 0 Å². The Balaban J connectivity index is 2.06. The van der Waals surface area contributed by atoms with Crippen LogP contribution in [0, 0.1) is 0 Å². The third-order valence-corrected chi connectivity index (χ3v) is 2.76. The Morgan fingerprint density at radius 2 is 1.42 bits per heavy atom. The van der Waals surface area contributed by atoms with Gasteiger partial charge in [-0.05, 0) is 18.1 Å². The molecule has 2 heteroatoms. The number of benzene rings is 2. The maximum Gasteiger partial charge on any atom is 0.116 e. The molecule has 2 aromatic carbocycles. The molecular formula is C17H16N2. The standard InChI is InChI=1S/C17H16N2/c1-14(16-9-5-3-6-10-16)18-13-19-15(2)17-11-7-4-8-12-17/h3-13H,1H2,2H3. The minimum atomic E-state index is 0.713. The average molecular weight is 248 g/mol. The minimum absolute atomic E-state index is 0.713. The first kappa shape index (κ1) is 13.0. The molecule has 0 aromatic heterocycles. The smallest absolute Gasteiger partial charge is 0.116 e. The van der Waals surface area contributed by atoms with Crippen molar-refractivity contribution in [2.75, 3.05) is 0 Å². The van der Waals surface area contributed by atoms with Gasteiger partial charge < -0.3 is 0 Å². The van der Waals surface area contributed by atoms with Crippen LogP contribution in [0.3, 0.4) is 0 Å². The first-order valence-electron chi connectivity index (χ1n) is 6.14. The first-order valence-corrected chi connectivity index (χ1v) is 6.14. The Morgan fingerprint density at radius 3 is 2.00 bits per heavy atom. The molecule has 0 unspecified atom stereocenters. The summed E-state index contributed by atoms with van der Waals surface area (Å²) in [4.78, 5) is 8.58. The molecule has 94 valence electrons. The molecule has 0 saturated carbocycles. The molecule has 2 rings (SSSR count). The molecule has 0 aliphatic heterocycles. The second-order valence-electron chi connectivity index (χ2n) is 4.14. The number of hydrogen-bond acceptors (Lipinski definition) is 1. The van der Waals surface area contributed by atoms with Crippen molar-refractivity contribution in [2.45, 2.75) is 6.92 Å². The van der Waals surface area contributed by atoms with Gasteiger partial charge in [-0.2, -0.15) is 0 Å². The van der Waals surface area contributed by atoms with E-state index in [4.69, 9.17) is 0 Å². The number of nitrogens with zero attached hydrogens (tertiary/aromatic N) is 2. The summed E-state index contributed by atoms with van der Waals surface area (Å²) in [6, 6.07) is 19.9. The van der Waals surface area contributed by atoms with Crippen LogP contribution in [0.1, 0.15) is 18.1 Å². The van der Waals surface area contributed by atoms with Gasteiger partial charge in [-0.25, -0.2) is 9.98 Å². The average Bonchev–Trinajstić information content (AvgIpc) is 2.49. The summed E-state index contributed by atoms with van der Waals surface area (Å²) < 4.78 is 0. The van der Waals surface area contributed by atoms with E-state index < -0.39 is 0 Å². The van der Waals surface area contributed by atoms with Gasteiger partial charge in [0.2, 0.25) is 0 Å². The number of aliphatic imine (C=N–C) groups is 2. The fourth-order valence-corrected chi connectivity index (χ4v) is 1.64. The fraction of sp³-hybridized carbons (Fsp3) is 0.0588. The zero-order valence-electron chi connectivity index (χ0n) is 11.0. The van der Waals surface area contributed by atoms with E-state index in [0.717, 1.165) is 16.8 Å². The Bertz CT molecular complexity index is 596. The summed E-state index contributed by atoms with van der Waals surface area (Å²) in [5.74, 6) is 0. The third-order valence-electron chi connectivity index (χ3n) is 2.76. The van der Waals surface area contributed by atoms with Crippen LogP contribution in [-0.2, 0) is 0 Å². The maximum atomic E-state index is 4.32. The zero-order chi connectivity index (χ0) is 13.5. The molecule has 0 atom stereocenters. The van der Waals surface area contributed by atoms with Gasteiger partial charge in [0.25, 0.3) is 0 Å². The van der Waals surface area contributed by atoms with Crippen LogP contribution in [0.25, 0.3) is 5.70 Å². The molecule has 19 heavy (non-hydrogen) atoms. The van der Waals surface area contributed by atoms with Crippen LogP contribution in [0.2, 0.25) is 0 Å². The third kappa shape index (κ3) is 3.75. The van der Waals surface area contributed by atoms with E-state index in [-0.39, 0.29) is 0 Å². The fourth-order valence-electron chi connectivity index (χ4n) is 1.64.